The number of carboxylic acids is 1. The lowest BCUT2D eigenvalue weighted by Gasteiger charge is -2.05. The van der Waals surface area contributed by atoms with Crippen molar-refractivity contribution in [2.75, 3.05) is 0 Å². The molecule has 0 aliphatic rings. The number of nitrogens with zero attached hydrogens (tertiary/aromatic N) is 2. The number of rotatable bonds is 5. The first-order chi connectivity index (χ1) is 11.5. The minimum absolute atomic E-state index is 0.0841. The van der Waals surface area contributed by atoms with Crippen LogP contribution in [-0.2, 0) is 4.79 Å². The van der Waals surface area contributed by atoms with Crippen molar-refractivity contribution in [3.63, 3.8) is 0 Å². The first kappa shape index (κ1) is 16.5. The molecule has 3 rings (SSSR count). The highest BCUT2D eigenvalue weighted by atomic mass is 79.9. The summed E-state index contributed by atoms with van der Waals surface area (Å²) in [6, 6.07) is 6.15. The molecule has 5 nitrogen and oxygen atoms in total. The fourth-order valence-electron chi connectivity index (χ4n) is 2.01. The Kier molecular flexibility index (Phi) is 4.86. The van der Waals surface area contributed by atoms with Crippen LogP contribution in [0.25, 0.3) is 23.0 Å². The van der Waals surface area contributed by atoms with Gasteiger partial charge in [-0.2, -0.15) is 16.3 Å². The third kappa shape index (κ3) is 3.77. The van der Waals surface area contributed by atoms with Gasteiger partial charge in [-0.15, -0.1) is 0 Å². The van der Waals surface area contributed by atoms with Crippen molar-refractivity contribution in [1.29, 1.82) is 0 Å². The third-order valence-electron chi connectivity index (χ3n) is 3.10. The Morgan fingerprint density at radius 1 is 1.42 bits per heavy atom. The van der Waals surface area contributed by atoms with Crippen molar-refractivity contribution in [3.8, 4) is 11.4 Å². The van der Waals surface area contributed by atoms with Crippen LogP contribution in [0.4, 0.5) is 4.39 Å². The third-order valence-corrected chi connectivity index (χ3v) is 4.39. The molecule has 0 bridgehead atoms. The molecule has 0 amide bonds. The highest BCUT2D eigenvalue weighted by molar-refractivity contribution is 9.10. The zero-order valence-electron chi connectivity index (χ0n) is 12.0. The van der Waals surface area contributed by atoms with Gasteiger partial charge in [0, 0.05) is 28.9 Å². The molecule has 0 spiro atoms. The van der Waals surface area contributed by atoms with Crippen LogP contribution in [0.1, 0.15) is 17.9 Å². The molecule has 0 aliphatic heterocycles. The smallest absolute Gasteiger partial charge is 0.254 e. The predicted molar refractivity (Wildman–Crippen MR) is 89.2 cm³/mol. The summed E-state index contributed by atoms with van der Waals surface area (Å²) in [7, 11) is 0. The highest BCUT2D eigenvalue weighted by Gasteiger charge is 2.14. The summed E-state index contributed by atoms with van der Waals surface area (Å²) < 4.78 is 18.8. The maximum atomic E-state index is 13.3. The Morgan fingerprint density at radius 3 is 2.92 bits per heavy atom. The van der Waals surface area contributed by atoms with Crippen LogP contribution in [0.15, 0.2) is 44.0 Å². The second kappa shape index (κ2) is 7.06. The van der Waals surface area contributed by atoms with E-state index in [1.54, 1.807) is 6.08 Å². The van der Waals surface area contributed by atoms with Crippen LogP contribution < -0.4 is 5.11 Å². The molecule has 1 aromatic carbocycles. The van der Waals surface area contributed by atoms with Crippen molar-refractivity contribution in [3.05, 3.63) is 56.8 Å². The molecule has 24 heavy (non-hydrogen) atoms. The monoisotopic (exact) mass is 407 g/mol. The molecule has 8 heteroatoms. The van der Waals surface area contributed by atoms with E-state index in [1.165, 1.54) is 29.5 Å². The SMILES string of the molecule is O=C([O-])C/C(=C\c1ccc(F)c(Br)c1)c1nc(-c2ccsc2)no1. The minimum atomic E-state index is -1.28. The average molecular weight is 408 g/mol. The maximum Gasteiger partial charge on any atom is 0.254 e. The van der Waals surface area contributed by atoms with Crippen LogP contribution >= 0.6 is 27.3 Å². The van der Waals surface area contributed by atoms with E-state index in [-0.39, 0.29) is 15.9 Å². The summed E-state index contributed by atoms with van der Waals surface area (Å²) in [6.45, 7) is 0. The van der Waals surface area contributed by atoms with Crippen molar-refractivity contribution in [2.24, 2.45) is 0 Å². The summed E-state index contributed by atoms with van der Waals surface area (Å²) >= 11 is 4.58. The molecule has 0 saturated carbocycles. The fraction of sp³-hybridized carbons (Fsp3) is 0.0625. The van der Waals surface area contributed by atoms with E-state index in [0.29, 0.717) is 11.4 Å². The molecule has 0 fully saturated rings. The highest BCUT2D eigenvalue weighted by Crippen LogP contribution is 2.26. The van der Waals surface area contributed by atoms with Crippen LogP contribution in [0.2, 0.25) is 0 Å². The number of carboxylic acid groups (broad SMARTS) is 1. The van der Waals surface area contributed by atoms with E-state index in [9.17, 15) is 14.3 Å². The summed E-state index contributed by atoms with van der Waals surface area (Å²) in [6.07, 6.45) is 1.14. The molecule has 3 aromatic rings. The number of aromatic nitrogens is 2. The molecule has 0 N–H and O–H groups in total. The Hall–Kier alpha value is -2.32. The Bertz CT molecular complexity index is 906. The zero-order chi connectivity index (χ0) is 17.1. The number of aliphatic carboxylic acids is 1. The number of carbonyl (C=O) groups excluding carboxylic acids is 1. The molecule has 0 aliphatic carbocycles. The van der Waals surface area contributed by atoms with Gasteiger partial charge in [0.25, 0.3) is 5.89 Å². The molecule has 0 radical (unpaired) electrons. The number of hydrogen-bond acceptors (Lipinski definition) is 6. The first-order valence-electron chi connectivity index (χ1n) is 6.75. The van der Waals surface area contributed by atoms with E-state index in [0.717, 1.165) is 5.56 Å². The molecule has 0 unspecified atom stereocenters. The summed E-state index contributed by atoms with van der Waals surface area (Å²) in [5.41, 5.74) is 1.66. The largest absolute Gasteiger partial charge is 0.550 e. The van der Waals surface area contributed by atoms with Crippen LogP contribution in [0.3, 0.4) is 0 Å². The van der Waals surface area contributed by atoms with Gasteiger partial charge in [-0.05, 0) is 51.1 Å². The number of benzene rings is 1. The molecule has 2 heterocycles. The van der Waals surface area contributed by atoms with Gasteiger partial charge in [-0.3, -0.25) is 0 Å². The molecular formula is C16H9BrFN2O3S-. The molecule has 0 saturated heterocycles. The van der Waals surface area contributed by atoms with Gasteiger partial charge < -0.3 is 14.4 Å². The molecule has 0 atom stereocenters. The second-order valence-electron chi connectivity index (χ2n) is 4.83. The number of hydrogen-bond donors (Lipinski definition) is 0. The van der Waals surface area contributed by atoms with Crippen LogP contribution in [0, 0.1) is 5.82 Å². The lowest BCUT2D eigenvalue weighted by molar-refractivity contribution is -0.304. The second-order valence-corrected chi connectivity index (χ2v) is 6.46. The number of thiophene rings is 1. The summed E-state index contributed by atoms with van der Waals surface area (Å²) in [5, 5.41) is 18.6. The topological polar surface area (TPSA) is 79.0 Å². The van der Waals surface area contributed by atoms with E-state index in [4.69, 9.17) is 4.52 Å². The summed E-state index contributed by atoms with van der Waals surface area (Å²) in [4.78, 5) is 15.2. The Balaban J connectivity index is 1.98. The lowest BCUT2D eigenvalue weighted by atomic mass is 10.1. The van der Waals surface area contributed by atoms with E-state index in [2.05, 4.69) is 26.1 Å². The van der Waals surface area contributed by atoms with Gasteiger partial charge in [-0.1, -0.05) is 11.2 Å². The van der Waals surface area contributed by atoms with Crippen LogP contribution in [0.5, 0.6) is 0 Å². The van der Waals surface area contributed by atoms with Gasteiger partial charge in [0.1, 0.15) is 5.82 Å². The number of halogens is 2. The normalized spacial score (nSPS) is 11.7. The first-order valence-corrected chi connectivity index (χ1v) is 8.48. The van der Waals surface area contributed by atoms with Gasteiger partial charge in [0.15, 0.2) is 0 Å². The molecule has 122 valence electrons. The van der Waals surface area contributed by atoms with Crippen LogP contribution in [-0.4, -0.2) is 16.1 Å². The average Bonchev–Trinajstić information content (AvgIpc) is 3.20. The van der Waals surface area contributed by atoms with Crippen molar-refractivity contribution in [1.82, 2.24) is 10.1 Å². The van der Waals surface area contributed by atoms with Gasteiger partial charge >= 0.3 is 0 Å². The molecular weight excluding hydrogens is 399 g/mol. The van der Waals surface area contributed by atoms with Gasteiger partial charge in [0.2, 0.25) is 5.82 Å². The van der Waals surface area contributed by atoms with Gasteiger partial charge in [0.05, 0.1) is 4.47 Å². The van der Waals surface area contributed by atoms with E-state index < -0.39 is 18.2 Å². The predicted octanol–water partition coefficient (Wildman–Crippen LogP) is 3.38. The Labute approximate surface area is 148 Å². The van der Waals surface area contributed by atoms with Crippen molar-refractivity contribution in [2.45, 2.75) is 6.42 Å². The standard InChI is InChI=1S/C16H10BrFN2O3S/c17-12-6-9(1-2-13(12)18)5-11(7-14(21)22)16-19-15(20-23-16)10-3-4-24-8-10/h1-6,8H,7H2,(H,21,22)/p-1/b11-5+. The number of carbonyl (C=O) groups is 1. The van der Waals surface area contributed by atoms with Gasteiger partial charge in [-0.25, -0.2) is 4.39 Å². The van der Waals surface area contributed by atoms with E-state index in [1.807, 2.05) is 16.8 Å². The minimum Gasteiger partial charge on any atom is -0.550 e. The fourth-order valence-corrected chi connectivity index (χ4v) is 3.04. The maximum absolute atomic E-state index is 13.3. The van der Waals surface area contributed by atoms with Crippen molar-refractivity contribution < 1.29 is 18.8 Å². The quantitative estimate of drug-likeness (QED) is 0.647. The van der Waals surface area contributed by atoms with Crippen molar-refractivity contribution >= 4 is 44.9 Å². The Morgan fingerprint density at radius 2 is 2.25 bits per heavy atom. The van der Waals surface area contributed by atoms with E-state index >= 15 is 0 Å². The molecule has 2 aromatic heterocycles. The lowest BCUT2D eigenvalue weighted by Crippen LogP contribution is -2.22. The summed E-state index contributed by atoms with van der Waals surface area (Å²) in [5.74, 6) is -1.24. The zero-order valence-corrected chi connectivity index (χ0v) is 14.4.